The summed E-state index contributed by atoms with van der Waals surface area (Å²) in [6.07, 6.45) is 3.56. The van der Waals surface area contributed by atoms with Gasteiger partial charge in [0.1, 0.15) is 18.1 Å². The standard InChI is InChI=1S/C23H25N3O7/c1-5-12-33-22-15-24(19-11-10-16(25(27)28)13-20(19)26(29)30)21(14-23(2,31-3)32-4)17-8-6-7-9-18(17)22/h5-11,13,15,21H,1,12,14H2,2-4H3. The van der Waals surface area contributed by atoms with E-state index in [0.717, 1.165) is 17.2 Å². The van der Waals surface area contributed by atoms with Gasteiger partial charge in [-0.2, -0.15) is 0 Å². The SMILES string of the molecule is C=CCOC1=CN(c2ccc([N+](=O)[O-])cc2[N+](=O)[O-])C(CC(C)(OC)OC)c2ccccc21. The summed E-state index contributed by atoms with van der Waals surface area (Å²) in [5, 5.41) is 23.1. The second-order valence-corrected chi connectivity index (χ2v) is 7.54. The second kappa shape index (κ2) is 9.80. The molecule has 2 aromatic carbocycles. The Morgan fingerprint density at radius 2 is 1.82 bits per heavy atom. The van der Waals surface area contributed by atoms with Crippen molar-refractivity contribution in [2.24, 2.45) is 0 Å². The number of anilines is 1. The number of nitrogens with zero attached hydrogens (tertiary/aromatic N) is 3. The Kier molecular flexibility index (Phi) is 7.10. The fourth-order valence-electron chi connectivity index (χ4n) is 3.75. The van der Waals surface area contributed by atoms with Crippen LogP contribution in [0, 0.1) is 20.2 Å². The quantitative estimate of drug-likeness (QED) is 0.213. The molecule has 0 aliphatic carbocycles. The van der Waals surface area contributed by atoms with Crippen LogP contribution >= 0.6 is 0 Å². The molecule has 1 atom stereocenters. The molecule has 10 heteroatoms. The molecule has 10 nitrogen and oxygen atoms in total. The number of non-ortho nitro benzene ring substituents is 1. The molecule has 0 radical (unpaired) electrons. The van der Waals surface area contributed by atoms with Crippen molar-refractivity contribution in [1.82, 2.24) is 0 Å². The number of methoxy groups -OCH3 is 2. The summed E-state index contributed by atoms with van der Waals surface area (Å²) < 4.78 is 17.0. The number of hydrogen-bond acceptors (Lipinski definition) is 8. The van der Waals surface area contributed by atoms with Crippen molar-refractivity contribution in [1.29, 1.82) is 0 Å². The van der Waals surface area contributed by atoms with Gasteiger partial charge in [-0.15, -0.1) is 0 Å². The van der Waals surface area contributed by atoms with E-state index in [1.54, 1.807) is 24.1 Å². The lowest BCUT2D eigenvalue weighted by molar-refractivity contribution is -0.393. The van der Waals surface area contributed by atoms with E-state index in [2.05, 4.69) is 6.58 Å². The van der Waals surface area contributed by atoms with E-state index in [4.69, 9.17) is 14.2 Å². The summed E-state index contributed by atoms with van der Waals surface area (Å²) in [6.45, 7) is 5.68. The zero-order valence-electron chi connectivity index (χ0n) is 18.6. The van der Waals surface area contributed by atoms with Crippen LogP contribution in [0.5, 0.6) is 0 Å². The van der Waals surface area contributed by atoms with E-state index < -0.39 is 27.4 Å². The molecular weight excluding hydrogens is 430 g/mol. The maximum Gasteiger partial charge on any atom is 0.299 e. The van der Waals surface area contributed by atoms with Gasteiger partial charge in [0.15, 0.2) is 5.79 Å². The Morgan fingerprint density at radius 3 is 2.42 bits per heavy atom. The monoisotopic (exact) mass is 455 g/mol. The third-order valence-corrected chi connectivity index (χ3v) is 5.61. The molecule has 0 fully saturated rings. The van der Waals surface area contributed by atoms with Crippen molar-refractivity contribution in [2.45, 2.75) is 25.2 Å². The minimum Gasteiger partial charge on any atom is -0.487 e. The minimum atomic E-state index is -1.00. The maximum atomic E-state index is 11.9. The van der Waals surface area contributed by atoms with Crippen molar-refractivity contribution >= 4 is 22.8 Å². The number of nitro groups is 2. The van der Waals surface area contributed by atoms with Gasteiger partial charge < -0.3 is 19.1 Å². The van der Waals surface area contributed by atoms with Gasteiger partial charge in [-0.05, 0) is 18.6 Å². The number of nitro benzene ring substituents is 2. The molecule has 0 saturated heterocycles. The molecule has 0 amide bonds. The Labute approximate surface area is 191 Å². The fraction of sp³-hybridized carbons (Fsp3) is 0.304. The Morgan fingerprint density at radius 1 is 1.12 bits per heavy atom. The largest absolute Gasteiger partial charge is 0.487 e. The summed E-state index contributed by atoms with van der Waals surface area (Å²) in [5.41, 5.74) is 1.07. The lowest BCUT2D eigenvalue weighted by atomic mass is 9.89. The first kappa shape index (κ1) is 23.9. The third-order valence-electron chi connectivity index (χ3n) is 5.61. The average Bonchev–Trinajstić information content (AvgIpc) is 2.82. The van der Waals surface area contributed by atoms with Gasteiger partial charge in [0.05, 0.1) is 22.0 Å². The Bertz CT molecular complexity index is 1100. The summed E-state index contributed by atoms with van der Waals surface area (Å²) in [4.78, 5) is 23.5. The molecule has 2 aromatic rings. The molecule has 1 unspecified atom stereocenters. The van der Waals surface area contributed by atoms with Crippen LogP contribution in [0.4, 0.5) is 17.1 Å². The van der Waals surface area contributed by atoms with Crippen molar-refractivity contribution in [3.05, 3.63) is 92.7 Å². The number of benzene rings is 2. The van der Waals surface area contributed by atoms with Crippen LogP contribution in [-0.2, 0) is 14.2 Å². The smallest absolute Gasteiger partial charge is 0.299 e. The summed E-state index contributed by atoms with van der Waals surface area (Å²) in [7, 11) is 3.04. The van der Waals surface area contributed by atoms with E-state index in [1.807, 2.05) is 24.3 Å². The molecule has 0 bridgehead atoms. The predicted octanol–water partition coefficient (Wildman–Crippen LogP) is 4.96. The van der Waals surface area contributed by atoms with Crippen LogP contribution < -0.4 is 4.90 Å². The highest BCUT2D eigenvalue weighted by Gasteiger charge is 2.38. The van der Waals surface area contributed by atoms with Gasteiger partial charge in [0.25, 0.3) is 11.4 Å². The van der Waals surface area contributed by atoms with E-state index in [9.17, 15) is 20.2 Å². The van der Waals surface area contributed by atoms with Crippen molar-refractivity contribution in [3.63, 3.8) is 0 Å². The van der Waals surface area contributed by atoms with Crippen molar-refractivity contribution < 1.29 is 24.1 Å². The van der Waals surface area contributed by atoms with Gasteiger partial charge in [-0.25, -0.2) is 0 Å². The molecule has 1 aliphatic heterocycles. The zero-order chi connectivity index (χ0) is 24.2. The van der Waals surface area contributed by atoms with E-state index >= 15 is 0 Å². The molecule has 174 valence electrons. The lowest BCUT2D eigenvalue weighted by Crippen LogP contribution is -2.38. The van der Waals surface area contributed by atoms with Crippen LogP contribution in [-0.4, -0.2) is 36.5 Å². The van der Waals surface area contributed by atoms with Crippen molar-refractivity contribution in [3.8, 4) is 0 Å². The van der Waals surface area contributed by atoms with Gasteiger partial charge in [-0.1, -0.05) is 36.9 Å². The minimum absolute atomic E-state index is 0.180. The van der Waals surface area contributed by atoms with Gasteiger partial charge in [0.2, 0.25) is 0 Å². The van der Waals surface area contributed by atoms with E-state index in [1.165, 1.54) is 26.4 Å². The first-order valence-electron chi connectivity index (χ1n) is 10.1. The highest BCUT2D eigenvalue weighted by molar-refractivity contribution is 5.77. The molecule has 1 heterocycles. The molecule has 0 N–H and O–H groups in total. The maximum absolute atomic E-state index is 11.9. The van der Waals surface area contributed by atoms with Crippen LogP contribution in [0.15, 0.2) is 61.3 Å². The van der Waals surface area contributed by atoms with Crippen LogP contribution in [0.3, 0.4) is 0 Å². The van der Waals surface area contributed by atoms with Gasteiger partial charge in [0, 0.05) is 38.5 Å². The fourth-order valence-corrected chi connectivity index (χ4v) is 3.75. The van der Waals surface area contributed by atoms with E-state index in [-0.39, 0.29) is 18.0 Å². The lowest BCUT2D eigenvalue weighted by Gasteiger charge is -2.40. The molecule has 0 spiro atoms. The summed E-state index contributed by atoms with van der Waals surface area (Å²) in [6, 6.07) is 10.6. The number of fused-ring (bicyclic) bond motifs is 1. The molecule has 0 aromatic heterocycles. The first-order valence-corrected chi connectivity index (χ1v) is 10.1. The predicted molar refractivity (Wildman–Crippen MR) is 123 cm³/mol. The summed E-state index contributed by atoms with van der Waals surface area (Å²) >= 11 is 0. The zero-order valence-corrected chi connectivity index (χ0v) is 18.6. The number of hydrogen-bond donors (Lipinski definition) is 0. The molecule has 3 rings (SSSR count). The van der Waals surface area contributed by atoms with Gasteiger partial charge in [-0.3, -0.25) is 20.2 Å². The molecular formula is C23H25N3O7. The van der Waals surface area contributed by atoms with Gasteiger partial charge >= 0.3 is 0 Å². The van der Waals surface area contributed by atoms with Crippen LogP contribution in [0.25, 0.3) is 5.76 Å². The number of ether oxygens (including phenoxy) is 3. The van der Waals surface area contributed by atoms with Crippen LogP contribution in [0.1, 0.15) is 30.5 Å². The first-order chi connectivity index (χ1) is 15.7. The van der Waals surface area contributed by atoms with Crippen LogP contribution in [0.2, 0.25) is 0 Å². The topological polar surface area (TPSA) is 117 Å². The Balaban J connectivity index is 2.24. The highest BCUT2D eigenvalue weighted by atomic mass is 16.7. The highest BCUT2D eigenvalue weighted by Crippen LogP contribution is 2.45. The third kappa shape index (κ3) is 4.86. The summed E-state index contributed by atoms with van der Waals surface area (Å²) in [5.74, 6) is -0.509. The Hall–Kier alpha value is -3.76. The molecule has 1 aliphatic rings. The molecule has 0 saturated carbocycles. The molecule has 33 heavy (non-hydrogen) atoms. The second-order valence-electron chi connectivity index (χ2n) is 7.54. The average molecular weight is 455 g/mol. The van der Waals surface area contributed by atoms with Crippen molar-refractivity contribution in [2.75, 3.05) is 25.7 Å². The number of rotatable bonds is 10. The van der Waals surface area contributed by atoms with E-state index in [0.29, 0.717) is 12.2 Å². The normalized spacial score (nSPS) is 15.4.